The van der Waals surface area contributed by atoms with Crippen molar-refractivity contribution in [2.75, 3.05) is 105 Å². The Hall–Kier alpha value is -4.16. The maximum Gasteiger partial charge on any atom is 0.126 e. The third kappa shape index (κ3) is 10.5. The van der Waals surface area contributed by atoms with E-state index >= 15 is 0 Å². The highest BCUT2D eigenvalue weighted by Crippen LogP contribution is 2.39. The van der Waals surface area contributed by atoms with Crippen LogP contribution in [0.3, 0.4) is 0 Å². The molecule has 0 amide bonds. The van der Waals surface area contributed by atoms with Crippen LogP contribution in [0.5, 0.6) is 23.0 Å². The van der Waals surface area contributed by atoms with Crippen LogP contribution in [0.25, 0.3) is 0 Å². The molecular formula is C44H54N2O8. The smallest absolute Gasteiger partial charge is 0.126 e. The lowest BCUT2D eigenvalue weighted by molar-refractivity contribution is 0.0894. The van der Waals surface area contributed by atoms with Gasteiger partial charge in [-0.2, -0.15) is 0 Å². The van der Waals surface area contributed by atoms with Crippen LogP contribution in [0, 0.1) is 0 Å². The first kappa shape index (κ1) is 38.1. The van der Waals surface area contributed by atoms with E-state index in [-0.39, 0.29) is 0 Å². The third-order valence-electron chi connectivity index (χ3n) is 9.83. The number of nitrogens with one attached hydrogen (secondary N) is 2. The van der Waals surface area contributed by atoms with Crippen LogP contribution in [-0.2, 0) is 44.6 Å². The highest BCUT2D eigenvalue weighted by Gasteiger charge is 2.22. The molecule has 2 N–H and O–H groups in total. The first-order chi connectivity index (χ1) is 26.8. The number of ether oxygens (including phenoxy) is 8. The average Bonchev–Trinajstić information content (AvgIpc) is 3.17. The van der Waals surface area contributed by atoms with Gasteiger partial charge in [-0.3, -0.25) is 0 Å². The van der Waals surface area contributed by atoms with Gasteiger partial charge in [0, 0.05) is 51.9 Å². The predicted molar refractivity (Wildman–Crippen MR) is 208 cm³/mol. The first-order valence-electron chi connectivity index (χ1n) is 19.5. The summed E-state index contributed by atoms with van der Waals surface area (Å²) < 4.78 is 50.7. The van der Waals surface area contributed by atoms with E-state index in [4.69, 9.17) is 37.9 Å². The molecule has 2 aliphatic heterocycles. The largest absolute Gasteiger partial charge is 0.491 e. The number of para-hydroxylation sites is 4. The summed E-state index contributed by atoms with van der Waals surface area (Å²) in [6.45, 7) is 8.95. The SMILES string of the molecule is c1cc2c3c(c1)Cc1cccc4c1OCCOCCNCCOCCOc1c(cccc1Cc1cccc(c1OCCOCCNCCOCCO3)C4)C2. The summed E-state index contributed by atoms with van der Waals surface area (Å²) >= 11 is 0. The van der Waals surface area contributed by atoms with Crippen LogP contribution in [-0.4, -0.2) is 105 Å². The lowest BCUT2D eigenvalue weighted by Gasteiger charge is -2.23. The molecule has 0 atom stereocenters. The standard InChI is InChI=1S/C44H54N2O8/c1-5-33-29-35-7-2-9-37-31-39-11-4-12-40-32-38-10-3-8-36(43(38)53-27-23-49-19-15-46-14-18-48-22-26-52-42(35)37)30-34(6-1)41(33)51-25-21-47-17-13-45-16-20-50-24-28-54-44(39)40/h1-12,45-46H,13-32H2. The van der Waals surface area contributed by atoms with Gasteiger partial charge in [-0.1, -0.05) is 72.8 Å². The van der Waals surface area contributed by atoms with E-state index in [2.05, 4.69) is 83.4 Å². The second-order valence-corrected chi connectivity index (χ2v) is 13.7. The fourth-order valence-electron chi connectivity index (χ4n) is 7.27. The van der Waals surface area contributed by atoms with Gasteiger partial charge >= 0.3 is 0 Å². The highest BCUT2D eigenvalue weighted by molar-refractivity contribution is 5.56. The highest BCUT2D eigenvalue weighted by atomic mass is 16.5. The fourth-order valence-corrected chi connectivity index (χ4v) is 7.27. The molecular weight excluding hydrogens is 684 g/mol. The van der Waals surface area contributed by atoms with Crippen LogP contribution in [0.15, 0.2) is 72.8 Å². The summed E-state index contributed by atoms with van der Waals surface area (Å²) in [5.41, 5.74) is 8.73. The fraction of sp³-hybridized carbons (Fsp3) is 0.455. The third-order valence-corrected chi connectivity index (χ3v) is 9.83. The van der Waals surface area contributed by atoms with Crippen LogP contribution in [0.4, 0.5) is 0 Å². The molecule has 288 valence electrons. The minimum absolute atomic E-state index is 0.431. The Kier molecular flexibility index (Phi) is 14.5. The summed E-state index contributed by atoms with van der Waals surface area (Å²) in [4.78, 5) is 0. The van der Waals surface area contributed by atoms with E-state index in [1.165, 1.54) is 0 Å². The lowest BCUT2D eigenvalue weighted by atomic mass is 9.91. The molecule has 0 saturated carbocycles. The molecule has 4 aromatic carbocycles. The molecule has 2 heterocycles. The van der Waals surface area contributed by atoms with E-state index in [0.717, 1.165) is 93.7 Å². The summed E-state index contributed by atoms with van der Waals surface area (Å²) in [5, 5.41) is 6.80. The Balaban J connectivity index is 1.38. The van der Waals surface area contributed by atoms with Gasteiger partial charge in [0.2, 0.25) is 0 Å². The minimum atomic E-state index is 0.431. The molecule has 0 radical (unpaired) electrons. The molecule has 7 rings (SSSR count). The lowest BCUT2D eigenvalue weighted by Crippen LogP contribution is -2.25. The van der Waals surface area contributed by atoms with Crippen molar-refractivity contribution in [2.24, 2.45) is 0 Å². The van der Waals surface area contributed by atoms with Crippen LogP contribution < -0.4 is 29.6 Å². The van der Waals surface area contributed by atoms with Gasteiger partial charge in [-0.25, -0.2) is 0 Å². The second-order valence-electron chi connectivity index (χ2n) is 13.7. The van der Waals surface area contributed by atoms with Gasteiger partial charge < -0.3 is 48.5 Å². The van der Waals surface area contributed by atoms with E-state index in [1.807, 2.05) is 0 Å². The van der Waals surface area contributed by atoms with Crippen molar-refractivity contribution in [2.45, 2.75) is 25.7 Å². The molecule has 3 aliphatic rings. The zero-order chi connectivity index (χ0) is 36.6. The number of rotatable bonds is 0. The summed E-state index contributed by atoms with van der Waals surface area (Å²) in [7, 11) is 0. The van der Waals surface area contributed by atoms with Crippen molar-refractivity contribution >= 4 is 0 Å². The Morgan fingerprint density at radius 1 is 0.278 bits per heavy atom. The van der Waals surface area contributed by atoms with Crippen molar-refractivity contribution < 1.29 is 37.9 Å². The summed E-state index contributed by atoms with van der Waals surface area (Å²) in [6, 6.07) is 25.9. The van der Waals surface area contributed by atoms with Crippen molar-refractivity contribution in [3.8, 4) is 23.0 Å². The van der Waals surface area contributed by atoms with Gasteiger partial charge in [-0.05, 0) is 44.5 Å². The molecule has 0 spiro atoms. The molecule has 10 nitrogen and oxygen atoms in total. The van der Waals surface area contributed by atoms with E-state index in [9.17, 15) is 0 Å². The maximum atomic E-state index is 6.69. The molecule has 0 aromatic heterocycles. The molecule has 0 saturated heterocycles. The molecule has 0 fully saturated rings. The summed E-state index contributed by atoms with van der Waals surface area (Å²) in [5.74, 6) is 3.50. The predicted octanol–water partition coefficient (Wildman–Crippen LogP) is 5.15. The van der Waals surface area contributed by atoms with E-state index < -0.39 is 0 Å². The normalized spacial score (nSPS) is 18.5. The van der Waals surface area contributed by atoms with Crippen LogP contribution in [0.1, 0.15) is 44.5 Å². The monoisotopic (exact) mass is 738 g/mol. The minimum Gasteiger partial charge on any atom is -0.491 e. The second kappa shape index (κ2) is 20.5. The quantitative estimate of drug-likeness (QED) is 0.222. The average molecular weight is 739 g/mol. The zero-order valence-electron chi connectivity index (χ0n) is 31.3. The van der Waals surface area contributed by atoms with E-state index in [0.29, 0.717) is 105 Å². The Bertz CT molecular complexity index is 1440. The first-order valence-corrected chi connectivity index (χ1v) is 19.5. The zero-order valence-corrected chi connectivity index (χ0v) is 31.3. The van der Waals surface area contributed by atoms with Crippen LogP contribution >= 0.6 is 0 Å². The Morgan fingerprint density at radius 3 is 0.722 bits per heavy atom. The summed E-state index contributed by atoms with van der Waals surface area (Å²) in [6.07, 6.45) is 2.51. The molecule has 0 unspecified atom stereocenters. The Labute approximate surface area is 319 Å². The number of benzene rings is 4. The van der Waals surface area contributed by atoms with Gasteiger partial charge in [0.15, 0.2) is 0 Å². The van der Waals surface area contributed by atoms with Crippen molar-refractivity contribution in [1.82, 2.24) is 10.6 Å². The van der Waals surface area contributed by atoms with Crippen LogP contribution in [0.2, 0.25) is 0 Å². The molecule has 4 aromatic rings. The van der Waals surface area contributed by atoms with Gasteiger partial charge in [0.05, 0.1) is 52.9 Å². The number of hydrogen-bond acceptors (Lipinski definition) is 10. The van der Waals surface area contributed by atoms with Gasteiger partial charge in [-0.15, -0.1) is 0 Å². The van der Waals surface area contributed by atoms with Crippen molar-refractivity contribution in [3.05, 3.63) is 117 Å². The maximum absolute atomic E-state index is 6.69. The topological polar surface area (TPSA) is 97.9 Å². The van der Waals surface area contributed by atoms with Gasteiger partial charge in [0.25, 0.3) is 0 Å². The molecule has 12 bridgehead atoms. The van der Waals surface area contributed by atoms with Crippen molar-refractivity contribution in [1.29, 1.82) is 0 Å². The van der Waals surface area contributed by atoms with Crippen molar-refractivity contribution in [3.63, 3.8) is 0 Å². The Morgan fingerprint density at radius 2 is 0.500 bits per heavy atom. The molecule has 54 heavy (non-hydrogen) atoms. The van der Waals surface area contributed by atoms with Gasteiger partial charge in [0.1, 0.15) is 49.4 Å². The van der Waals surface area contributed by atoms with E-state index in [1.54, 1.807) is 0 Å². The molecule has 1 aliphatic carbocycles. The molecule has 10 heteroatoms. The number of hydrogen-bond donors (Lipinski definition) is 2.